The molecule has 0 aliphatic heterocycles. The van der Waals surface area contributed by atoms with Crippen LogP contribution in [0.4, 0.5) is 8.78 Å². The van der Waals surface area contributed by atoms with Gasteiger partial charge in [-0.05, 0) is 35.0 Å². The Labute approximate surface area is 113 Å². The van der Waals surface area contributed by atoms with E-state index in [1.165, 1.54) is 0 Å². The van der Waals surface area contributed by atoms with Gasteiger partial charge in [0.2, 0.25) is 0 Å². The fourth-order valence-corrected chi connectivity index (χ4v) is 1.95. The number of hydrogen-bond donors (Lipinski definition) is 1. The van der Waals surface area contributed by atoms with Gasteiger partial charge in [0.1, 0.15) is 0 Å². The summed E-state index contributed by atoms with van der Waals surface area (Å²) in [6.45, 7) is 0.679. The molecule has 0 spiro atoms. The van der Waals surface area contributed by atoms with Crippen molar-refractivity contribution in [2.45, 2.75) is 13.3 Å². The fourth-order valence-electron chi connectivity index (χ4n) is 1.54. The van der Waals surface area contributed by atoms with E-state index in [-0.39, 0.29) is 13.2 Å². The maximum Gasteiger partial charge on any atom is 0.255 e. The number of nitrogens with zero attached hydrogens (tertiary/aromatic N) is 1. The third kappa shape index (κ3) is 4.03. The number of amides is 1. The maximum atomic E-state index is 12.4. The number of carbonyl (C=O) groups excluding carboxylic acids is 1. The molecule has 0 heterocycles. The lowest BCUT2D eigenvalue weighted by atomic mass is 10.1. The van der Waals surface area contributed by atoms with E-state index in [2.05, 4.69) is 15.9 Å². The quantitative estimate of drug-likeness (QED) is 0.905. The van der Waals surface area contributed by atoms with Crippen LogP contribution in [0.3, 0.4) is 0 Å². The molecule has 0 atom stereocenters. The van der Waals surface area contributed by atoms with Crippen LogP contribution in [0.25, 0.3) is 0 Å². The zero-order chi connectivity index (χ0) is 13.7. The molecule has 6 heteroatoms. The van der Waals surface area contributed by atoms with Crippen LogP contribution >= 0.6 is 15.9 Å². The smallest absolute Gasteiger partial charge is 0.255 e. The highest BCUT2D eigenvalue weighted by Gasteiger charge is 2.21. The minimum atomic E-state index is -2.62. The van der Waals surface area contributed by atoms with E-state index in [4.69, 9.17) is 5.11 Å². The highest BCUT2D eigenvalue weighted by atomic mass is 79.9. The van der Waals surface area contributed by atoms with E-state index in [0.717, 1.165) is 10.5 Å². The molecule has 0 bridgehead atoms. The highest BCUT2D eigenvalue weighted by Crippen LogP contribution is 2.20. The number of carbonyl (C=O) groups is 1. The monoisotopic (exact) mass is 321 g/mol. The van der Waals surface area contributed by atoms with E-state index < -0.39 is 18.9 Å². The van der Waals surface area contributed by atoms with Gasteiger partial charge >= 0.3 is 0 Å². The van der Waals surface area contributed by atoms with Gasteiger partial charge in [-0.15, -0.1) is 0 Å². The van der Waals surface area contributed by atoms with Crippen molar-refractivity contribution in [3.63, 3.8) is 0 Å². The van der Waals surface area contributed by atoms with Crippen molar-refractivity contribution in [3.8, 4) is 0 Å². The Morgan fingerprint density at radius 2 is 2.17 bits per heavy atom. The Kier molecular flexibility index (Phi) is 5.68. The Hall–Kier alpha value is -1.01. The van der Waals surface area contributed by atoms with E-state index in [1.807, 2.05) is 13.0 Å². The lowest BCUT2D eigenvalue weighted by Crippen LogP contribution is -2.37. The molecular formula is C12H14BrF2NO2. The van der Waals surface area contributed by atoms with Gasteiger partial charge in [-0.1, -0.05) is 11.6 Å². The average Bonchev–Trinajstić information content (AvgIpc) is 2.30. The van der Waals surface area contributed by atoms with Crippen LogP contribution in [0.5, 0.6) is 0 Å². The molecule has 3 nitrogen and oxygen atoms in total. The number of aliphatic hydroxyl groups is 1. The third-order valence-electron chi connectivity index (χ3n) is 2.37. The number of hydrogen-bond acceptors (Lipinski definition) is 2. The number of halogens is 3. The molecule has 0 fully saturated rings. The van der Waals surface area contributed by atoms with Crippen molar-refractivity contribution in [3.05, 3.63) is 33.8 Å². The SMILES string of the molecule is Cc1ccc(Br)c(C(=O)N(CCO)CC(F)F)c1. The van der Waals surface area contributed by atoms with Crippen LogP contribution in [0.15, 0.2) is 22.7 Å². The Bertz CT molecular complexity index is 427. The standard InChI is InChI=1S/C12H14BrF2NO2/c1-8-2-3-10(13)9(6-8)12(18)16(4-5-17)7-11(14)15/h2-3,6,11,17H,4-5,7H2,1H3. The predicted octanol–water partition coefficient (Wildman–Crippen LogP) is 2.46. The summed E-state index contributed by atoms with van der Waals surface area (Å²) in [5.74, 6) is -0.514. The van der Waals surface area contributed by atoms with Crippen LogP contribution < -0.4 is 0 Å². The molecule has 0 saturated carbocycles. The number of aryl methyl sites for hydroxylation is 1. The molecular weight excluding hydrogens is 308 g/mol. The third-order valence-corrected chi connectivity index (χ3v) is 3.06. The minimum absolute atomic E-state index is 0.108. The highest BCUT2D eigenvalue weighted by molar-refractivity contribution is 9.10. The van der Waals surface area contributed by atoms with Gasteiger partial charge < -0.3 is 10.0 Å². The number of benzene rings is 1. The molecule has 0 aromatic heterocycles. The van der Waals surface area contributed by atoms with E-state index >= 15 is 0 Å². The summed E-state index contributed by atoms with van der Waals surface area (Å²) < 4.78 is 25.3. The lowest BCUT2D eigenvalue weighted by molar-refractivity contribution is 0.0508. The average molecular weight is 322 g/mol. The molecule has 18 heavy (non-hydrogen) atoms. The van der Waals surface area contributed by atoms with Crippen LogP contribution in [0, 0.1) is 6.92 Å². The summed E-state index contributed by atoms with van der Waals surface area (Å²) in [5, 5.41) is 8.82. The summed E-state index contributed by atoms with van der Waals surface area (Å²) in [6, 6.07) is 5.13. The van der Waals surface area contributed by atoms with E-state index in [0.29, 0.717) is 10.0 Å². The Morgan fingerprint density at radius 1 is 1.50 bits per heavy atom. The van der Waals surface area contributed by atoms with Crippen LogP contribution in [-0.2, 0) is 0 Å². The lowest BCUT2D eigenvalue weighted by Gasteiger charge is -2.22. The van der Waals surface area contributed by atoms with Crippen molar-refractivity contribution in [2.24, 2.45) is 0 Å². The fraction of sp³-hybridized carbons (Fsp3) is 0.417. The van der Waals surface area contributed by atoms with Crippen molar-refractivity contribution in [2.75, 3.05) is 19.7 Å². The molecule has 0 saturated heterocycles. The van der Waals surface area contributed by atoms with Gasteiger partial charge in [-0.2, -0.15) is 0 Å². The summed E-state index contributed by atoms with van der Waals surface area (Å²) >= 11 is 3.22. The number of aliphatic hydroxyl groups excluding tert-OH is 1. The summed E-state index contributed by atoms with van der Waals surface area (Å²) in [5.41, 5.74) is 1.19. The van der Waals surface area contributed by atoms with Crippen LogP contribution in [-0.4, -0.2) is 42.0 Å². The Balaban J connectivity index is 2.97. The van der Waals surface area contributed by atoms with Gasteiger partial charge in [0.15, 0.2) is 0 Å². The van der Waals surface area contributed by atoms with Crippen LogP contribution in [0.1, 0.15) is 15.9 Å². The first-order valence-electron chi connectivity index (χ1n) is 5.40. The molecule has 1 N–H and O–H groups in total. The summed E-state index contributed by atoms with van der Waals surface area (Å²) in [6.07, 6.45) is -2.62. The molecule has 1 rings (SSSR count). The maximum absolute atomic E-state index is 12.4. The first kappa shape index (κ1) is 15.0. The minimum Gasteiger partial charge on any atom is -0.395 e. The van der Waals surface area contributed by atoms with Gasteiger partial charge in [0.25, 0.3) is 12.3 Å². The van der Waals surface area contributed by atoms with E-state index in [9.17, 15) is 13.6 Å². The number of rotatable bonds is 5. The van der Waals surface area contributed by atoms with E-state index in [1.54, 1.807) is 12.1 Å². The molecule has 0 aliphatic carbocycles. The zero-order valence-electron chi connectivity index (χ0n) is 9.87. The van der Waals surface area contributed by atoms with Crippen molar-refractivity contribution in [1.82, 2.24) is 4.90 Å². The molecule has 0 unspecified atom stereocenters. The van der Waals surface area contributed by atoms with Gasteiger partial charge in [0.05, 0.1) is 18.7 Å². The largest absolute Gasteiger partial charge is 0.395 e. The van der Waals surface area contributed by atoms with Crippen LogP contribution in [0.2, 0.25) is 0 Å². The first-order valence-corrected chi connectivity index (χ1v) is 6.19. The molecule has 100 valence electrons. The second-order valence-electron chi connectivity index (χ2n) is 3.85. The predicted molar refractivity (Wildman–Crippen MR) is 67.9 cm³/mol. The van der Waals surface area contributed by atoms with Crippen molar-refractivity contribution >= 4 is 21.8 Å². The van der Waals surface area contributed by atoms with Gasteiger partial charge in [-0.3, -0.25) is 4.79 Å². The molecule has 1 amide bonds. The molecule has 1 aromatic carbocycles. The second kappa shape index (κ2) is 6.80. The zero-order valence-corrected chi connectivity index (χ0v) is 11.5. The van der Waals surface area contributed by atoms with Gasteiger partial charge in [-0.25, -0.2) is 8.78 Å². The topological polar surface area (TPSA) is 40.5 Å². The summed E-state index contributed by atoms with van der Waals surface area (Å²) in [4.78, 5) is 13.0. The van der Waals surface area contributed by atoms with Gasteiger partial charge in [0, 0.05) is 11.0 Å². The molecule has 0 radical (unpaired) electrons. The Morgan fingerprint density at radius 3 is 2.72 bits per heavy atom. The van der Waals surface area contributed by atoms with Crippen molar-refractivity contribution in [1.29, 1.82) is 0 Å². The second-order valence-corrected chi connectivity index (χ2v) is 4.70. The molecule has 1 aromatic rings. The molecule has 0 aliphatic rings. The first-order chi connectivity index (χ1) is 8.45. The van der Waals surface area contributed by atoms with Crippen molar-refractivity contribution < 1.29 is 18.7 Å². The normalized spacial score (nSPS) is 10.8. The summed E-state index contributed by atoms with van der Waals surface area (Å²) in [7, 11) is 0. The number of alkyl halides is 2.